The van der Waals surface area contributed by atoms with Crippen LogP contribution in [-0.2, 0) is 11.8 Å². The number of carboxylic acid groups (broad SMARTS) is 1. The van der Waals surface area contributed by atoms with E-state index in [2.05, 4.69) is 9.97 Å². The number of aryl methyl sites for hydroxylation is 1. The SMILES string of the molecule is Cn1cc(C(=O)N2CCN(c3ncccn3)C[C@H]2C(=O)O)c2ccccc21. The van der Waals surface area contributed by atoms with E-state index in [1.54, 1.807) is 29.6 Å². The molecule has 0 spiro atoms. The first-order valence-corrected chi connectivity index (χ1v) is 8.66. The number of piperazine rings is 1. The topological polar surface area (TPSA) is 91.6 Å². The normalized spacial score (nSPS) is 17.3. The number of carboxylic acids is 1. The van der Waals surface area contributed by atoms with Crippen molar-refractivity contribution in [3.05, 3.63) is 54.5 Å². The van der Waals surface area contributed by atoms with Crippen molar-refractivity contribution in [3.63, 3.8) is 0 Å². The minimum atomic E-state index is -1.04. The lowest BCUT2D eigenvalue weighted by molar-refractivity contribution is -0.142. The number of carbonyl (C=O) groups excluding carboxylic acids is 1. The molecule has 0 aliphatic carbocycles. The van der Waals surface area contributed by atoms with Crippen LogP contribution in [0.15, 0.2) is 48.9 Å². The number of hydrogen-bond acceptors (Lipinski definition) is 5. The number of rotatable bonds is 3. The van der Waals surface area contributed by atoms with Gasteiger partial charge in [-0.05, 0) is 12.1 Å². The number of anilines is 1. The Hall–Kier alpha value is -3.42. The van der Waals surface area contributed by atoms with E-state index >= 15 is 0 Å². The maximum absolute atomic E-state index is 13.2. The predicted octanol–water partition coefficient (Wildman–Crippen LogP) is 1.38. The van der Waals surface area contributed by atoms with Crippen molar-refractivity contribution < 1.29 is 14.7 Å². The fourth-order valence-electron chi connectivity index (χ4n) is 3.54. The molecule has 27 heavy (non-hydrogen) atoms. The molecule has 1 aliphatic heterocycles. The lowest BCUT2D eigenvalue weighted by atomic mass is 10.1. The third kappa shape index (κ3) is 2.99. The van der Waals surface area contributed by atoms with Crippen LogP contribution < -0.4 is 4.90 Å². The van der Waals surface area contributed by atoms with Crippen LogP contribution in [-0.4, -0.2) is 62.1 Å². The highest BCUT2D eigenvalue weighted by Gasteiger charge is 2.37. The van der Waals surface area contributed by atoms with Crippen molar-refractivity contribution in [2.75, 3.05) is 24.5 Å². The first-order chi connectivity index (χ1) is 13.1. The van der Waals surface area contributed by atoms with Crippen molar-refractivity contribution in [3.8, 4) is 0 Å². The second kappa shape index (κ2) is 6.71. The Balaban J connectivity index is 1.64. The van der Waals surface area contributed by atoms with E-state index in [1.165, 1.54) is 4.90 Å². The summed E-state index contributed by atoms with van der Waals surface area (Å²) in [5.41, 5.74) is 1.45. The van der Waals surface area contributed by atoms with Crippen LogP contribution in [0.5, 0.6) is 0 Å². The van der Waals surface area contributed by atoms with Crippen molar-refractivity contribution in [1.82, 2.24) is 19.4 Å². The fourth-order valence-corrected chi connectivity index (χ4v) is 3.54. The molecule has 1 aliphatic rings. The number of amides is 1. The van der Waals surface area contributed by atoms with Crippen LogP contribution in [0, 0.1) is 0 Å². The van der Waals surface area contributed by atoms with Gasteiger partial charge in [-0.3, -0.25) is 4.79 Å². The summed E-state index contributed by atoms with van der Waals surface area (Å²) in [6, 6.07) is 8.35. The van der Waals surface area contributed by atoms with E-state index in [9.17, 15) is 14.7 Å². The number of para-hydroxylation sites is 1. The van der Waals surface area contributed by atoms with Gasteiger partial charge in [-0.25, -0.2) is 14.8 Å². The number of fused-ring (bicyclic) bond motifs is 1. The number of benzene rings is 1. The summed E-state index contributed by atoms with van der Waals surface area (Å²) in [7, 11) is 1.87. The summed E-state index contributed by atoms with van der Waals surface area (Å²) >= 11 is 0. The first-order valence-electron chi connectivity index (χ1n) is 8.66. The summed E-state index contributed by atoms with van der Waals surface area (Å²) in [4.78, 5) is 36.7. The monoisotopic (exact) mass is 365 g/mol. The minimum Gasteiger partial charge on any atom is -0.480 e. The number of aliphatic carboxylic acids is 1. The Bertz CT molecular complexity index is 1000. The summed E-state index contributed by atoms with van der Waals surface area (Å²) in [5.74, 6) is -0.835. The standard InChI is InChI=1S/C19H19N5O3/c1-22-11-14(13-5-2-3-6-15(13)22)17(25)24-10-9-23(12-16(24)18(26)27)19-20-7-4-8-21-19/h2-8,11,16H,9-10,12H2,1H3,(H,26,27)/t16-/m0/s1. The van der Waals surface area contributed by atoms with E-state index in [0.29, 0.717) is 18.1 Å². The highest BCUT2D eigenvalue weighted by atomic mass is 16.4. The molecule has 1 atom stereocenters. The van der Waals surface area contributed by atoms with Gasteiger partial charge in [0.15, 0.2) is 0 Å². The number of aromatic nitrogens is 3. The molecule has 0 unspecified atom stereocenters. The molecule has 8 heteroatoms. The Morgan fingerprint density at radius 2 is 1.85 bits per heavy atom. The number of carbonyl (C=O) groups is 2. The predicted molar refractivity (Wildman–Crippen MR) is 99.6 cm³/mol. The van der Waals surface area contributed by atoms with Crippen LogP contribution in [0.25, 0.3) is 10.9 Å². The van der Waals surface area contributed by atoms with Crippen LogP contribution in [0.4, 0.5) is 5.95 Å². The van der Waals surface area contributed by atoms with E-state index in [-0.39, 0.29) is 19.0 Å². The minimum absolute atomic E-state index is 0.149. The Morgan fingerprint density at radius 3 is 2.59 bits per heavy atom. The molecule has 0 bridgehead atoms. The lowest BCUT2D eigenvalue weighted by Gasteiger charge is -2.39. The molecule has 1 aromatic carbocycles. The van der Waals surface area contributed by atoms with Gasteiger partial charge in [0.2, 0.25) is 5.95 Å². The van der Waals surface area contributed by atoms with Gasteiger partial charge in [-0.2, -0.15) is 0 Å². The average molecular weight is 365 g/mol. The molecule has 1 saturated heterocycles. The van der Waals surface area contributed by atoms with E-state index in [1.807, 2.05) is 35.9 Å². The fraction of sp³-hybridized carbons (Fsp3) is 0.263. The highest BCUT2D eigenvalue weighted by Crippen LogP contribution is 2.24. The molecule has 1 amide bonds. The largest absolute Gasteiger partial charge is 0.480 e. The Kier molecular flexibility index (Phi) is 4.23. The molecule has 3 aromatic rings. The van der Waals surface area contributed by atoms with Crippen molar-refractivity contribution in [2.45, 2.75) is 6.04 Å². The average Bonchev–Trinajstić information content (AvgIpc) is 3.04. The van der Waals surface area contributed by atoms with E-state index in [4.69, 9.17) is 0 Å². The van der Waals surface area contributed by atoms with Gasteiger partial charge in [0.25, 0.3) is 5.91 Å². The van der Waals surface area contributed by atoms with E-state index in [0.717, 1.165) is 10.9 Å². The maximum atomic E-state index is 13.2. The van der Waals surface area contributed by atoms with Gasteiger partial charge >= 0.3 is 5.97 Å². The summed E-state index contributed by atoms with van der Waals surface area (Å²) < 4.78 is 1.88. The molecule has 2 aromatic heterocycles. The molecule has 1 N–H and O–H groups in total. The summed E-state index contributed by atoms with van der Waals surface area (Å²) in [6.45, 7) is 0.914. The van der Waals surface area contributed by atoms with Crippen LogP contribution in [0.3, 0.4) is 0 Å². The van der Waals surface area contributed by atoms with Gasteiger partial charge < -0.3 is 19.5 Å². The second-order valence-corrected chi connectivity index (χ2v) is 6.52. The summed E-state index contributed by atoms with van der Waals surface area (Å²) in [6.07, 6.45) is 5.00. The van der Waals surface area contributed by atoms with Gasteiger partial charge in [0.05, 0.1) is 12.1 Å². The molecule has 4 rings (SSSR count). The quantitative estimate of drug-likeness (QED) is 0.754. The van der Waals surface area contributed by atoms with Crippen molar-refractivity contribution >= 4 is 28.7 Å². The molecular formula is C19H19N5O3. The van der Waals surface area contributed by atoms with E-state index < -0.39 is 12.0 Å². The van der Waals surface area contributed by atoms with Gasteiger partial charge in [-0.1, -0.05) is 18.2 Å². The zero-order valence-corrected chi connectivity index (χ0v) is 14.8. The van der Waals surface area contributed by atoms with Crippen LogP contribution in [0.1, 0.15) is 10.4 Å². The zero-order chi connectivity index (χ0) is 19.0. The number of nitrogens with zero attached hydrogens (tertiary/aromatic N) is 5. The molecule has 0 radical (unpaired) electrons. The number of hydrogen-bond donors (Lipinski definition) is 1. The first kappa shape index (κ1) is 17.0. The Morgan fingerprint density at radius 1 is 1.11 bits per heavy atom. The maximum Gasteiger partial charge on any atom is 0.328 e. The third-order valence-electron chi connectivity index (χ3n) is 4.89. The molecule has 3 heterocycles. The third-order valence-corrected chi connectivity index (χ3v) is 4.89. The molecule has 0 saturated carbocycles. The molecular weight excluding hydrogens is 346 g/mol. The second-order valence-electron chi connectivity index (χ2n) is 6.52. The highest BCUT2D eigenvalue weighted by molar-refractivity contribution is 6.08. The van der Waals surface area contributed by atoms with Crippen molar-refractivity contribution in [1.29, 1.82) is 0 Å². The zero-order valence-electron chi connectivity index (χ0n) is 14.8. The van der Waals surface area contributed by atoms with Gasteiger partial charge in [-0.15, -0.1) is 0 Å². The van der Waals surface area contributed by atoms with Crippen molar-refractivity contribution in [2.24, 2.45) is 7.05 Å². The van der Waals surface area contributed by atoms with Gasteiger partial charge in [0.1, 0.15) is 6.04 Å². The van der Waals surface area contributed by atoms with Crippen LogP contribution >= 0.6 is 0 Å². The molecule has 8 nitrogen and oxygen atoms in total. The lowest BCUT2D eigenvalue weighted by Crippen LogP contribution is -2.58. The molecule has 1 fully saturated rings. The Labute approximate surface area is 155 Å². The van der Waals surface area contributed by atoms with Crippen LogP contribution in [0.2, 0.25) is 0 Å². The summed E-state index contributed by atoms with van der Waals surface area (Å²) in [5, 5.41) is 10.5. The molecule has 138 valence electrons. The smallest absolute Gasteiger partial charge is 0.328 e. The van der Waals surface area contributed by atoms with Gasteiger partial charge in [0, 0.05) is 49.6 Å².